The number of hydrazone groups is 1. The molecule has 0 fully saturated rings. The summed E-state index contributed by atoms with van der Waals surface area (Å²) in [5.74, 6) is -0.465. The predicted molar refractivity (Wildman–Crippen MR) is 132 cm³/mol. The summed E-state index contributed by atoms with van der Waals surface area (Å²) >= 11 is 11.9. The van der Waals surface area contributed by atoms with Crippen molar-refractivity contribution < 1.29 is 31.9 Å². The second kappa shape index (κ2) is 10.9. The predicted octanol–water partition coefficient (Wildman–Crippen LogP) is 6.40. The van der Waals surface area contributed by atoms with Crippen LogP contribution in [0.4, 0.5) is 18.9 Å². The number of ether oxygens (including phenoxy) is 1. The molecule has 0 spiro atoms. The molecule has 7 nitrogen and oxygen atoms in total. The van der Waals surface area contributed by atoms with E-state index in [1.807, 2.05) is 0 Å². The molecular formula is C25H20Cl2F3N3O4. The molecule has 194 valence electrons. The second-order valence-electron chi connectivity index (χ2n) is 8.20. The molecule has 37 heavy (non-hydrogen) atoms. The average Bonchev–Trinajstić information content (AvgIpc) is 3.19. The number of anilines is 1. The van der Waals surface area contributed by atoms with Crippen molar-refractivity contribution in [2.45, 2.75) is 32.4 Å². The van der Waals surface area contributed by atoms with Crippen molar-refractivity contribution in [3.05, 3.63) is 80.7 Å². The van der Waals surface area contributed by atoms with Crippen LogP contribution in [0.15, 0.2) is 52.0 Å². The molecule has 2 amide bonds. The first-order valence-electron chi connectivity index (χ1n) is 11.1. The maximum Gasteiger partial charge on any atom is 0.416 e. The number of hydrogen-bond acceptors (Lipinski definition) is 5. The molecule has 1 heterocycles. The van der Waals surface area contributed by atoms with Gasteiger partial charge in [-0.1, -0.05) is 29.3 Å². The van der Waals surface area contributed by atoms with Crippen LogP contribution in [0, 0.1) is 6.92 Å². The number of benzene rings is 2. The van der Waals surface area contributed by atoms with Crippen LogP contribution in [0.3, 0.4) is 0 Å². The molecule has 0 unspecified atom stereocenters. The van der Waals surface area contributed by atoms with E-state index in [-0.39, 0.29) is 28.8 Å². The fraction of sp³-hybridized carbons (Fsp3) is 0.240. The van der Waals surface area contributed by atoms with Crippen molar-refractivity contribution in [1.82, 2.24) is 5.43 Å². The third-order valence-corrected chi connectivity index (χ3v) is 6.08. The van der Waals surface area contributed by atoms with Crippen LogP contribution in [0.1, 0.15) is 45.8 Å². The summed E-state index contributed by atoms with van der Waals surface area (Å²) in [6.07, 6.45) is -2.81. The Kier molecular flexibility index (Phi) is 7.79. The largest absolute Gasteiger partial charge is 0.482 e. The number of aryl methyl sites for hydroxylation is 1. The van der Waals surface area contributed by atoms with E-state index in [1.165, 1.54) is 24.3 Å². The van der Waals surface area contributed by atoms with Crippen molar-refractivity contribution >= 4 is 46.4 Å². The van der Waals surface area contributed by atoms with E-state index in [0.29, 0.717) is 46.9 Å². The summed E-state index contributed by atoms with van der Waals surface area (Å²) < 4.78 is 50.1. The van der Waals surface area contributed by atoms with Crippen molar-refractivity contribution in [3.8, 4) is 5.75 Å². The quantitative estimate of drug-likeness (QED) is 0.345. The van der Waals surface area contributed by atoms with Gasteiger partial charge in [0.05, 0.1) is 16.3 Å². The molecule has 0 radical (unpaired) electrons. The van der Waals surface area contributed by atoms with Crippen molar-refractivity contribution in [3.63, 3.8) is 0 Å². The lowest BCUT2D eigenvalue weighted by molar-refractivity contribution is -0.137. The topological polar surface area (TPSA) is 92.9 Å². The molecule has 1 aliphatic rings. The maximum absolute atomic E-state index is 13.0. The minimum atomic E-state index is -4.54. The maximum atomic E-state index is 13.0. The standard InChI is InChI=1S/C25H20Cl2F3N3O4/c1-13-22-18(32-33-21(34)12-36-19-9-8-15(26)11-17(19)27)6-3-7-20(22)37-23(13)24(35)31-16-5-2-4-14(10-16)25(28,29)30/h2,4-5,8-11H,3,6-7,12H2,1H3,(H,31,35)(H,33,34)/b32-18+. The monoisotopic (exact) mass is 553 g/mol. The molecular weight excluding hydrogens is 534 g/mol. The Morgan fingerprint density at radius 2 is 1.92 bits per heavy atom. The van der Waals surface area contributed by atoms with Crippen LogP contribution < -0.4 is 15.5 Å². The minimum absolute atomic E-state index is 0.0180. The lowest BCUT2D eigenvalue weighted by Gasteiger charge is -2.13. The van der Waals surface area contributed by atoms with Gasteiger partial charge >= 0.3 is 6.18 Å². The van der Waals surface area contributed by atoms with Gasteiger partial charge in [0.15, 0.2) is 12.4 Å². The highest BCUT2D eigenvalue weighted by molar-refractivity contribution is 6.35. The molecule has 2 N–H and O–H groups in total. The van der Waals surface area contributed by atoms with E-state index in [0.717, 1.165) is 12.1 Å². The first-order valence-corrected chi connectivity index (χ1v) is 11.8. The lowest BCUT2D eigenvalue weighted by atomic mass is 9.93. The van der Waals surface area contributed by atoms with Gasteiger partial charge in [0.1, 0.15) is 11.5 Å². The SMILES string of the molecule is Cc1c(C(=O)Nc2cccc(C(F)(F)F)c2)oc2c1/C(=N/NC(=O)COc1ccc(Cl)cc1Cl)CCC2. The van der Waals surface area contributed by atoms with Gasteiger partial charge in [-0.05, 0) is 56.2 Å². The second-order valence-corrected chi connectivity index (χ2v) is 9.04. The zero-order chi connectivity index (χ0) is 26.7. The highest BCUT2D eigenvalue weighted by Gasteiger charge is 2.31. The highest BCUT2D eigenvalue weighted by Crippen LogP contribution is 2.33. The van der Waals surface area contributed by atoms with E-state index >= 15 is 0 Å². The highest BCUT2D eigenvalue weighted by atomic mass is 35.5. The molecule has 0 atom stereocenters. The van der Waals surface area contributed by atoms with Gasteiger partial charge < -0.3 is 14.5 Å². The molecule has 1 aliphatic carbocycles. The van der Waals surface area contributed by atoms with Crippen LogP contribution in [0.5, 0.6) is 5.75 Å². The third-order valence-electron chi connectivity index (χ3n) is 5.55. The van der Waals surface area contributed by atoms with Gasteiger partial charge in [-0.3, -0.25) is 9.59 Å². The number of nitrogens with one attached hydrogen (secondary N) is 2. The zero-order valence-electron chi connectivity index (χ0n) is 19.3. The molecule has 12 heteroatoms. The fourth-order valence-electron chi connectivity index (χ4n) is 3.86. The van der Waals surface area contributed by atoms with Gasteiger partial charge in [0.2, 0.25) is 0 Å². The number of fused-ring (bicyclic) bond motifs is 1. The van der Waals surface area contributed by atoms with E-state index in [9.17, 15) is 22.8 Å². The summed E-state index contributed by atoms with van der Waals surface area (Å²) in [5.41, 5.74) is 3.09. The van der Waals surface area contributed by atoms with Gasteiger partial charge in [-0.15, -0.1) is 0 Å². The number of rotatable bonds is 6. The van der Waals surface area contributed by atoms with Crippen LogP contribution >= 0.6 is 23.2 Å². The number of furan rings is 1. The molecule has 1 aromatic heterocycles. The molecule has 2 aromatic carbocycles. The number of carbonyl (C=O) groups is 2. The van der Waals surface area contributed by atoms with Crippen molar-refractivity contribution in [2.24, 2.45) is 5.10 Å². The fourth-order valence-corrected chi connectivity index (χ4v) is 4.32. The van der Waals surface area contributed by atoms with Crippen LogP contribution in [0.2, 0.25) is 10.0 Å². The van der Waals surface area contributed by atoms with Crippen LogP contribution in [0.25, 0.3) is 0 Å². The summed E-state index contributed by atoms with van der Waals surface area (Å²) in [7, 11) is 0. The van der Waals surface area contributed by atoms with E-state index in [2.05, 4.69) is 15.8 Å². The molecule has 0 saturated heterocycles. The Morgan fingerprint density at radius 1 is 1.14 bits per heavy atom. The Morgan fingerprint density at radius 3 is 2.65 bits per heavy atom. The average molecular weight is 554 g/mol. The van der Waals surface area contributed by atoms with E-state index in [1.54, 1.807) is 13.0 Å². The van der Waals surface area contributed by atoms with Gasteiger partial charge in [-0.2, -0.15) is 18.3 Å². The minimum Gasteiger partial charge on any atom is -0.482 e. The zero-order valence-corrected chi connectivity index (χ0v) is 20.9. The summed E-state index contributed by atoms with van der Waals surface area (Å²) in [4.78, 5) is 25.1. The van der Waals surface area contributed by atoms with Crippen molar-refractivity contribution in [2.75, 3.05) is 11.9 Å². The Hall–Kier alpha value is -3.50. The summed E-state index contributed by atoms with van der Waals surface area (Å²) in [6.45, 7) is 1.30. The molecule has 3 aromatic rings. The lowest BCUT2D eigenvalue weighted by Crippen LogP contribution is -2.27. The number of halogens is 5. The molecule has 0 aliphatic heterocycles. The number of carbonyl (C=O) groups excluding carboxylic acids is 2. The third kappa shape index (κ3) is 6.26. The Bertz CT molecular complexity index is 1390. The van der Waals surface area contributed by atoms with E-state index in [4.69, 9.17) is 32.4 Å². The van der Waals surface area contributed by atoms with Crippen LogP contribution in [-0.4, -0.2) is 24.1 Å². The molecule has 4 rings (SSSR count). The van der Waals surface area contributed by atoms with Gasteiger partial charge in [0, 0.05) is 28.3 Å². The van der Waals surface area contributed by atoms with Crippen LogP contribution in [-0.2, 0) is 17.4 Å². The molecule has 0 bridgehead atoms. The van der Waals surface area contributed by atoms with Crippen molar-refractivity contribution in [1.29, 1.82) is 0 Å². The number of nitrogens with zero attached hydrogens (tertiary/aromatic N) is 1. The number of alkyl halides is 3. The first-order chi connectivity index (χ1) is 17.5. The summed E-state index contributed by atoms with van der Waals surface area (Å²) in [6, 6.07) is 8.92. The van der Waals surface area contributed by atoms with E-state index < -0.39 is 23.6 Å². The van der Waals surface area contributed by atoms with Gasteiger partial charge in [-0.25, -0.2) is 5.43 Å². The number of hydrogen-bond donors (Lipinski definition) is 2. The number of amides is 2. The normalized spacial score (nSPS) is 14.3. The summed E-state index contributed by atoms with van der Waals surface area (Å²) in [5, 5.41) is 7.33. The Labute approximate surface area is 219 Å². The first kappa shape index (κ1) is 26.6. The molecule has 0 saturated carbocycles. The smallest absolute Gasteiger partial charge is 0.416 e. The Balaban J connectivity index is 1.46. The van der Waals surface area contributed by atoms with Gasteiger partial charge in [0.25, 0.3) is 11.8 Å².